The normalized spacial score (nSPS) is 20.0. The summed E-state index contributed by atoms with van der Waals surface area (Å²) in [5.41, 5.74) is 2.29. The van der Waals surface area contributed by atoms with E-state index in [4.69, 9.17) is 0 Å². The molecule has 0 aromatic carbocycles. The largest absolute Gasteiger partial charge is 0.338 e. The number of aryl methyl sites for hydroxylation is 2. The smallest absolute Gasteiger partial charge is 0.257 e. The van der Waals surface area contributed by atoms with Crippen LogP contribution in [0.4, 0.5) is 0 Å². The molecule has 0 aliphatic carbocycles. The molecule has 1 saturated heterocycles. The van der Waals surface area contributed by atoms with Crippen molar-refractivity contribution in [2.75, 3.05) is 19.3 Å². The van der Waals surface area contributed by atoms with E-state index in [-0.39, 0.29) is 11.2 Å². The fourth-order valence-corrected chi connectivity index (χ4v) is 4.30. The van der Waals surface area contributed by atoms with Crippen LogP contribution in [0.2, 0.25) is 0 Å². The van der Waals surface area contributed by atoms with Gasteiger partial charge in [0.25, 0.3) is 5.91 Å². The van der Waals surface area contributed by atoms with Crippen molar-refractivity contribution in [1.29, 1.82) is 0 Å². The minimum atomic E-state index is -3.03. The fourth-order valence-electron chi connectivity index (χ4n) is 3.17. The van der Waals surface area contributed by atoms with Crippen molar-refractivity contribution < 1.29 is 13.2 Å². The van der Waals surface area contributed by atoms with E-state index < -0.39 is 9.84 Å². The topological polar surface area (TPSA) is 72.3 Å². The summed E-state index contributed by atoms with van der Waals surface area (Å²) in [4.78, 5) is 14.6. The van der Waals surface area contributed by atoms with Gasteiger partial charge in [0.15, 0.2) is 0 Å². The zero-order valence-electron chi connectivity index (χ0n) is 13.8. The summed E-state index contributed by atoms with van der Waals surface area (Å²) in [7, 11) is -3.03. The number of nitrogens with zero attached hydrogens (tertiary/aromatic N) is 3. The summed E-state index contributed by atoms with van der Waals surface area (Å²) in [6.07, 6.45) is 3.16. The highest BCUT2D eigenvalue weighted by atomic mass is 32.2. The highest BCUT2D eigenvalue weighted by Crippen LogP contribution is 2.21. The highest BCUT2D eigenvalue weighted by Gasteiger charge is 2.29. The van der Waals surface area contributed by atoms with Crippen molar-refractivity contribution in [2.24, 2.45) is 0 Å². The summed E-state index contributed by atoms with van der Waals surface area (Å²) in [6.45, 7) is 7.59. The molecule has 7 heteroatoms. The molecule has 22 heavy (non-hydrogen) atoms. The summed E-state index contributed by atoms with van der Waals surface area (Å²) < 4.78 is 25.3. The van der Waals surface area contributed by atoms with Gasteiger partial charge in [-0.25, -0.2) is 8.42 Å². The quantitative estimate of drug-likeness (QED) is 0.844. The van der Waals surface area contributed by atoms with Gasteiger partial charge < -0.3 is 4.90 Å². The van der Waals surface area contributed by atoms with Crippen molar-refractivity contribution >= 4 is 15.7 Å². The second-order valence-corrected chi connectivity index (χ2v) is 8.36. The molecule has 1 amide bonds. The average molecular weight is 327 g/mol. The van der Waals surface area contributed by atoms with E-state index in [1.807, 2.05) is 25.5 Å². The maximum atomic E-state index is 12.8. The van der Waals surface area contributed by atoms with E-state index in [0.717, 1.165) is 24.4 Å². The van der Waals surface area contributed by atoms with Gasteiger partial charge in [0.1, 0.15) is 9.84 Å². The van der Waals surface area contributed by atoms with Crippen LogP contribution in [0.1, 0.15) is 47.9 Å². The minimum absolute atomic E-state index is 0.0242. The van der Waals surface area contributed by atoms with E-state index in [9.17, 15) is 13.2 Å². The van der Waals surface area contributed by atoms with Gasteiger partial charge in [0.2, 0.25) is 0 Å². The molecule has 2 rings (SSSR count). The van der Waals surface area contributed by atoms with E-state index in [2.05, 4.69) is 5.10 Å². The number of rotatable bonds is 3. The minimum Gasteiger partial charge on any atom is -0.338 e. The van der Waals surface area contributed by atoms with E-state index in [1.54, 1.807) is 4.90 Å². The number of hydrogen-bond donors (Lipinski definition) is 0. The Kier molecular flexibility index (Phi) is 4.94. The maximum Gasteiger partial charge on any atom is 0.257 e. The summed E-state index contributed by atoms with van der Waals surface area (Å²) in [5, 5.41) is 4.07. The van der Waals surface area contributed by atoms with Gasteiger partial charge in [0, 0.05) is 31.6 Å². The number of amides is 1. The molecule has 124 valence electrons. The molecule has 0 radical (unpaired) electrons. The molecule has 1 aliphatic heterocycles. The number of carbonyl (C=O) groups excluding carboxylic acids is 1. The zero-order chi connectivity index (χ0) is 16.5. The third kappa shape index (κ3) is 3.34. The third-order valence-corrected chi connectivity index (χ3v) is 6.15. The molecule has 6 nitrogen and oxygen atoms in total. The van der Waals surface area contributed by atoms with Crippen molar-refractivity contribution in [3.05, 3.63) is 17.0 Å². The zero-order valence-corrected chi connectivity index (χ0v) is 14.6. The lowest BCUT2D eigenvalue weighted by Gasteiger charge is -2.20. The molecule has 0 bridgehead atoms. The lowest BCUT2D eigenvalue weighted by molar-refractivity contribution is 0.0760. The van der Waals surface area contributed by atoms with Crippen LogP contribution in [0.5, 0.6) is 0 Å². The number of likely N-dealkylation sites (tertiary alicyclic amines) is 1. The summed E-state index contributed by atoms with van der Waals surface area (Å²) in [5.74, 6) is -0.0242. The molecule has 0 N–H and O–H groups in total. The number of sulfone groups is 1. The van der Waals surface area contributed by atoms with Gasteiger partial charge in [-0.3, -0.25) is 9.48 Å². The second kappa shape index (κ2) is 6.40. The van der Waals surface area contributed by atoms with Gasteiger partial charge >= 0.3 is 0 Å². The number of aromatic nitrogens is 2. The van der Waals surface area contributed by atoms with Crippen LogP contribution in [0.3, 0.4) is 0 Å². The van der Waals surface area contributed by atoms with Crippen molar-refractivity contribution in [2.45, 2.75) is 51.8 Å². The Hall–Kier alpha value is -1.37. The molecular weight excluding hydrogens is 302 g/mol. The molecule has 1 unspecified atom stereocenters. The van der Waals surface area contributed by atoms with Crippen LogP contribution in [-0.4, -0.2) is 53.6 Å². The molecule has 1 atom stereocenters. The molecule has 0 saturated carbocycles. The van der Waals surface area contributed by atoms with Gasteiger partial charge in [0.05, 0.1) is 16.5 Å². The predicted octanol–water partition coefficient (Wildman–Crippen LogP) is 1.56. The van der Waals surface area contributed by atoms with E-state index >= 15 is 0 Å². The average Bonchev–Trinajstić information content (AvgIpc) is 2.64. The summed E-state index contributed by atoms with van der Waals surface area (Å²) in [6, 6.07) is 0. The van der Waals surface area contributed by atoms with Crippen LogP contribution >= 0.6 is 0 Å². The van der Waals surface area contributed by atoms with E-state index in [0.29, 0.717) is 31.5 Å². The Labute approximate surface area is 132 Å². The van der Waals surface area contributed by atoms with Crippen LogP contribution < -0.4 is 0 Å². The molecule has 0 spiro atoms. The highest BCUT2D eigenvalue weighted by molar-refractivity contribution is 7.91. The Balaban J connectivity index is 2.19. The Morgan fingerprint density at radius 3 is 2.50 bits per heavy atom. The SMILES string of the molecule is CCn1nc(C)c(C(=O)N2CCCC(S(C)(=O)=O)CC2)c1C. The Bertz CT molecular complexity index is 664. The first-order chi connectivity index (χ1) is 10.3. The lowest BCUT2D eigenvalue weighted by Crippen LogP contribution is -2.33. The molecule has 1 aliphatic rings. The van der Waals surface area contributed by atoms with Crippen LogP contribution in [-0.2, 0) is 16.4 Å². The van der Waals surface area contributed by atoms with Gasteiger partial charge in [-0.05, 0) is 40.0 Å². The van der Waals surface area contributed by atoms with Gasteiger partial charge in [-0.15, -0.1) is 0 Å². The van der Waals surface area contributed by atoms with Crippen LogP contribution in [0.25, 0.3) is 0 Å². The van der Waals surface area contributed by atoms with Crippen LogP contribution in [0, 0.1) is 13.8 Å². The van der Waals surface area contributed by atoms with Crippen molar-refractivity contribution in [1.82, 2.24) is 14.7 Å². The van der Waals surface area contributed by atoms with Crippen molar-refractivity contribution in [3.8, 4) is 0 Å². The van der Waals surface area contributed by atoms with Gasteiger partial charge in [-0.2, -0.15) is 5.10 Å². The van der Waals surface area contributed by atoms with Crippen molar-refractivity contribution in [3.63, 3.8) is 0 Å². The molecule has 2 heterocycles. The number of carbonyl (C=O) groups is 1. The molecule has 1 aromatic heterocycles. The summed E-state index contributed by atoms with van der Waals surface area (Å²) >= 11 is 0. The van der Waals surface area contributed by atoms with Gasteiger partial charge in [-0.1, -0.05) is 0 Å². The monoisotopic (exact) mass is 327 g/mol. The lowest BCUT2D eigenvalue weighted by atomic mass is 10.1. The molecule has 1 aromatic rings. The Morgan fingerprint density at radius 1 is 1.27 bits per heavy atom. The maximum absolute atomic E-state index is 12.8. The Morgan fingerprint density at radius 2 is 1.95 bits per heavy atom. The third-order valence-electron chi connectivity index (χ3n) is 4.46. The van der Waals surface area contributed by atoms with Crippen LogP contribution in [0.15, 0.2) is 0 Å². The first kappa shape index (κ1) is 17.0. The fraction of sp³-hybridized carbons (Fsp3) is 0.733. The number of hydrogen-bond acceptors (Lipinski definition) is 4. The molecular formula is C15H25N3O3S. The standard InChI is InChI=1S/C15H25N3O3S/c1-5-18-12(3)14(11(2)16-18)15(19)17-9-6-7-13(8-10-17)22(4,20)21/h13H,5-10H2,1-4H3. The first-order valence-electron chi connectivity index (χ1n) is 7.77. The second-order valence-electron chi connectivity index (χ2n) is 6.04. The van der Waals surface area contributed by atoms with E-state index in [1.165, 1.54) is 6.26 Å². The molecule has 1 fully saturated rings. The first-order valence-corrected chi connectivity index (χ1v) is 9.73. The predicted molar refractivity (Wildman–Crippen MR) is 85.8 cm³/mol.